The number of nitrogens with one attached hydrogen (secondary N) is 1. The minimum Gasteiger partial charge on any atom is -0.454 e. The molecule has 0 spiro atoms. The van der Waals surface area contributed by atoms with Gasteiger partial charge in [0.2, 0.25) is 6.79 Å². The van der Waals surface area contributed by atoms with Crippen molar-refractivity contribution in [2.75, 3.05) is 12.1 Å². The first-order chi connectivity index (χ1) is 13.7. The zero-order valence-corrected chi connectivity index (χ0v) is 15.7. The maximum atomic E-state index is 13.0. The summed E-state index contributed by atoms with van der Waals surface area (Å²) in [6.07, 6.45) is 0. The predicted molar refractivity (Wildman–Crippen MR) is 107 cm³/mol. The maximum Gasteiger partial charge on any atom is 0.287 e. The van der Waals surface area contributed by atoms with Crippen molar-refractivity contribution in [1.82, 2.24) is 0 Å². The predicted octanol–water partition coefficient (Wildman–Crippen LogP) is 3.17. The van der Waals surface area contributed by atoms with E-state index < -0.39 is 0 Å². The van der Waals surface area contributed by atoms with Gasteiger partial charge in [-0.25, -0.2) is 0 Å². The van der Waals surface area contributed by atoms with Gasteiger partial charge in [-0.3, -0.25) is 4.79 Å². The Kier molecular flexibility index (Phi) is 5.26. The van der Waals surface area contributed by atoms with Gasteiger partial charge >= 0.3 is 0 Å². The molecule has 28 heavy (non-hydrogen) atoms. The van der Waals surface area contributed by atoms with E-state index in [1.165, 1.54) is 0 Å². The van der Waals surface area contributed by atoms with E-state index in [1.54, 1.807) is 0 Å². The zero-order chi connectivity index (χ0) is 19.3. The lowest BCUT2D eigenvalue weighted by molar-refractivity contribution is -0.697. The van der Waals surface area contributed by atoms with Crippen LogP contribution in [0.4, 0.5) is 5.69 Å². The van der Waals surface area contributed by atoms with Crippen molar-refractivity contribution >= 4 is 11.6 Å². The summed E-state index contributed by atoms with van der Waals surface area (Å²) in [6, 6.07) is 23.2. The number of nitrogens with two attached hydrogens (primary N) is 1. The van der Waals surface area contributed by atoms with Gasteiger partial charge in [0, 0.05) is 16.8 Å². The second-order valence-corrected chi connectivity index (χ2v) is 6.87. The number of fused-ring (bicyclic) bond motifs is 1. The molecule has 5 nitrogen and oxygen atoms in total. The molecule has 0 radical (unpaired) electrons. The van der Waals surface area contributed by atoms with Gasteiger partial charge < -0.3 is 20.1 Å². The van der Waals surface area contributed by atoms with E-state index in [1.807, 2.05) is 85.0 Å². The molecule has 1 aliphatic heterocycles. The quantitative estimate of drug-likeness (QED) is 0.696. The van der Waals surface area contributed by atoms with Crippen LogP contribution in [0.15, 0.2) is 72.8 Å². The molecular weight excluding hydrogens is 352 g/mol. The molecule has 4 rings (SSSR count). The van der Waals surface area contributed by atoms with E-state index in [-0.39, 0.29) is 18.7 Å². The fraction of sp³-hybridized carbons (Fsp3) is 0.174. The highest BCUT2D eigenvalue weighted by Gasteiger charge is 2.24. The van der Waals surface area contributed by atoms with Crippen molar-refractivity contribution in [1.29, 1.82) is 0 Å². The number of hydrogen-bond acceptors (Lipinski definition) is 3. The number of quaternary nitrogens is 1. The van der Waals surface area contributed by atoms with E-state index >= 15 is 0 Å². The van der Waals surface area contributed by atoms with Gasteiger partial charge in [0.25, 0.3) is 5.91 Å². The molecule has 0 fully saturated rings. The largest absolute Gasteiger partial charge is 0.454 e. The summed E-state index contributed by atoms with van der Waals surface area (Å²) < 4.78 is 10.8. The molecule has 0 bridgehead atoms. The lowest BCUT2D eigenvalue weighted by atomic mass is 10.1. The number of hydrogen-bond donors (Lipinski definition) is 2. The van der Waals surface area contributed by atoms with E-state index in [0.717, 1.165) is 33.9 Å². The van der Waals surface area contributed by atoms with Crippen LogP contribution in [-0.2, 0) is 11.3 Å². The third-order valence-corrected chi connectivity index (χ3v) is 4.79. The summed E-state index contributed by atoms with van der Waals surface area (Å²) >= 11 is 0. The van der Waals surface area contributed by atoms with E-state index in [9.17, 15) is 4.79 Å². The van der Waals surface area contributed by atoms with Gasteiger partial charge in [-0.05, 0) is 37.3 Å². The Morgan fingerprint density at radius 2 is 1.75 bits per heavy atom. The van der Waals surface area contributed by atoms with E-state index in [0.29, 0.717) is 6.54 Å². The second-order valence-electron chi connectivity index (χ2n) is 6.87. The fourth-order valence-corrected chi connectivity index (χ4v) is 3.23. The van der Waals surface area contributed by atoms with Crippen molar-refractivity contribution < 1.29 is 19.6 Å². The van der Waals surface area contributed by atoms with Crippen LogP contribution >= 0.6 is 0 Å². The van der Waals surface area contributed by atoms with Gasteiger partial charge in [0.1, 0.15) is 6.54 Å². The summed E-state index contributed by atoms with van der Waals surface area (Å²) in [5.74, 6) is 1.47. The van der Waals surface area contributed by atoms with Gasteiger partial charge in [-0.1, -0.05) is 48.0 Å². The summed E-state index contributed by atoms with van der Waals surface area (Å²) in [5, 5.41) is 5.07. The molecule has 5 heteroatoms. The fourth-order valence-electron chi connectivity index (χ4n) is 3.23. The van der Waals surface area contributed by atoms with Crippen molar-refractivity contribution in [2.45, 2.75) is 19.5 Å². The highest BCUT2D eigenvalue weighted by molar-refractivity contribution is 5.94. The summed E-state index contributed by atoms with van der Waals surface area (Å²) in [5.41, 5.74) is 4.00. The molecule has 0 unspecified atom stereocenters. The van der Waals surface area contributed by atoms with Crippen LogP contribution in [0, 0.1) is 6.92 Å². The maximum absolute atomic E-state index is 13.0. The average molecular weight is 375 g/mol. The Balaban J connectivity index is 1.50. The number of benzene rings is 3. The normalized spacial score (nSPS) is 13.2. The monoisotopic (exact) mass is 375 g/mol. The number of carbonyl (C=O) groups excluding carboxylic acids is 1. The Labute approximate surface area is 164 Å². The van der Waals surface area contributed by atoms with Crippen LogP contribution in [0.3, 0.4) is 0 Å². The number of aryl methyl sites for hydroxylation is 1. The first-order valence-electron chi connectivity index (χ1n) is 9.33. The van der Waals surface area contributed by atoms with Crippen LogP contribution in [0.2, 0.25) is 0 Å². The van der Waals surface area contributed by atoms with Crippen molar-refractivity contribution in [3.63, 3.8) is 0 Å². The van der Waals surface area contributed by atoms with Gasteiger partial charge in [-0.2, -0.15) is 0 Å². The third kappa shape index (κ3) is 4.15. The molecule has 0 aromatic heterocycles. The zero-order valence-electron chi connectivity index (χ0n) is 15.7. The van der Waals surface area contributed by atoms with Crippen LogP contribution < -0.4 is 20.1 Å². The SMILES string of the molecule is Cc1ccc(NC(=O)[C@H]([NH2+]Cc2ccc3c(c2)OCO3)c2ccccc2)cc1. The number of ether oxygens (including phenoxy) is 2. The number of anilines is 1. The lowest BCUT2D eigenvalue weighted by Crippen LogP contribution is -2.85. The molecule has 0 aliphatic carbocycles. The molecule has 1 atom stereocenters. The third-order valence-electron chi connectivity index (χ3n) is 4.79. The van der Waals surface area contributed by atoms with E-state index in [2.05, 4.69) is 5.32 Å². The molecule has 0 saturated heterocycles. The topological polar surface area (TPSA) is 64.2 Å². The second kappa shape index (κ2) is 8.15. The Morgan fingerprint density at radius 1 is 1.00 bits per heavy atom. The number of rotatable bonds is 6. The molecule has 3 N–H and O–H groups in total. The molecule has 142 valence electrons. The standard InChI is InChI=1S/C23H22N2O3/c1-16-7-10-19(11-8-16)25-23(26)22(18-5-3-2-4-6-18)24-14-17-9-12-20-21(13-17)28-15-27-20/h2-13,22,24H,14-15H2,1H3,(H,25,26)/p+1/t22-/m1/s1. The highest BCUT2D eigenvalue weighted by atomic mass is 16.7. The number of carbonyl (C=O) groups is 1. The Morgan fingerprint density at radius 3 is 2.54 bits per heavy atom. The van der Waals surface area contributed by atoms with Gasteiger partial charge in [-0.15, -0.1) is 0 Å². The van der Waals surface area contributed by atoms with Crippen LogP contribution in [0.1, 0.15) is 22.7 Å². The minimum atomic E-state index is -0.354. The average Bonchev–Trinajstić information content (AvgIpc) is 3.19. The molecule has 0 saturated carbocycles. The molecule has 1 heterocycles. The number of amides is 1. The van der Waals surface area contributed by atoms with Gasteiger partial charge in [0.15, 0.2) is 17.5 Å². The van der Waals surface area contributed by atoms with Crippen LogP contribution in [0.5, 0.6) is 11.5 Å². The first kappa shape index (κ1) is 18.1. The minimum absolute atomic E-state index is 0.0456. The lowest BCUT2D eigenvalue weighted by Gasteiger charge is -2.16. The Hall–Kier alpha value is -3.31. The molecule has 1 aliphatic rings. The van der Waals surface area contributed by atoms with Crippen LogP contribution in [0.25, 0.3) is 0 Å². The molecule has 1 amide bonds. The van der Waals surface area contributed by atoms with Crippen molar-refractivity contribution in [2.24, 2.45) is 0 Å². The summed E-state index contributed by atoms with van der Waals surface area (Å²) in [7, 11) is 0. The van der Waals surface area contributed by atoms with Crippen molar-refractivity contribution in [3.8, 4) is 11.5 Å². The van der Waals surface area contributed by atoms with Gasteiger partial charge in [0.05, 0.1) is 0 Å². The Bertz CT molecular complexity index is 955. The summed E-state index contributed by atoms with van der Waals surface area (Å²) in [4.78, 5) is 13.0. The van der Waals surface area contributed by atoms with Crippen LogP contribution in [-0.4, -0.2) is 12.7 Å². The summed E-state index contributed by atoms with van der Waals surface area (Å²) in [6.45, 7) is 2.93. The smallest absolute Gasteiger partial charge is 0.287 e. The highest BCUT2D eigenvalue weighted by Crippen LogP contribution is 2.32. The van der Waals surface area contributed by atoms with E-state index in [4.69, 9.17) is 9.47 Å². The first-order valence-corrected chi connectivity index (χ1v) is 9.33. The molecule has 3 aromatic rings. The molecular formula is C23H23N2O3+. The van der Waals surface area contributed by atoms with Crippen molar-refractivity contribution in [3.05, 3.63) is 89.5 Å². The molecule has 3 aromatic carbocycles.